The van der Waals surface area contributed by atoms with Gasteiger partial charge in [-0.3, -0.25) is 18.6 Å². The lowest BCUT2D eigenvalue weighted by molar-refractivity contribution is -0.160. The number of rotatable bonds is 36. The van der Waals surface area contributed by atoms with E-state index in [1.165, 1.54) is 64.2 Å². The average Bonchev–Trinajstić information content (AvgIpc) is 3.13. The van der Waals surface area contributed by atoms with Crippen LogP contribution in [-0.4, -0.2) is 65.7 Å². The summed E-state index contributed by atoms with van der Waals surface area (Å²) in [5.41, 5.74) is 0. The molecule has 0 aromatic rings. The van der Waals surface area contributed by atoms with E-state index >= 15 is 0 Å². The van der Waals surface area contributed by atoms with Crippen LogP contribution in [0.15, 0.2) is 60.8 Å². The molecule has 10 nitrogen and oxygen atoms in total. The van der Waals surface area contributed by atoms with Crippen molar-refractivity contribution in [1.29, 1.82) is 0 Å². The number of allylic oxidation sites excluding steroid dienone is 9. The van der Waals surface area contributed by atoms with Gasteiger partial charge in [0.05, 0.1) is 26.2 Å². The molecule has 300 valence electrons. The van der Waals surface area contributed by atoms with E-state index in [9.17, 15) is 24.2 Å². The van der Waals surface area contributed by atoms with Gasteiger partial charge in [0.15, 0.2) is 6.10 Å². The molecular formula is C41H71O10P. The van der Waals surface area contributed by atoms with E-state index in [1.807, 2.05) is 18.2 Å². The number of phosphoric ester groups is 1. The molecule has 0 rings (SSSR count). The lowest BCUT2D eigenvalue weighted by atomic mass is 10.0. The minimum Gasteiger partial charge on any atom is -0.462 e. The maximum atomic E-state index is 12.5. The van der Waals surface area contributed by atoms with Gasteiger partial charge in [0.25, 0.3) is 0 Å². The summed E-state index contributed by atoms with van der Waals surface area (Å²) in [6.45, 7) is 2.14. The van der Waals surface area contributed by atoms with Crippen molar-refractivity contribution in [3.8, 4) is 0 Å². The Morgan fingerprint density at radius 1 is 0.596 bits per heavy atom. The standard InChI is InChI=1S/C41H71O10P/c1-3-5-7-9-11-13-15-17-19-21-23-25-27-29-31-33-41(45)51-39(37-50-52(46,47)49-35-38(43)34-42)36-48-40(44)32-30-28-26-24-22-20-18-16-14-12-10-8-6-4-2/h5,7,11,13,17,19,23,25,29,31,38-39,42-43H,3-4,6,8-10,12,14-16,18,20-22,24,26-28,30,32-37H2,1-2H3,(H,46,47)/b7-5-,13-11-,19-17-,25-23-,31-29-. The first-order valence-corrected chi connectivity index (χ1v) is 21.2. The van der Waals surface area contributed by atoms with Gasteiger partial charge >= 0.3 is 19.8 Å². The maximum absolute atomic E-state index is 12.5. The molecule has 11 heteroatoms. The molecule has 0 saturated carbocycles. The Balaban J connectivity index is 4.49. The Morgan fingerprint density at radius 2 is 1.04 bits per heavy atom. The second-order valence-electron chi connectivity index (χ2n) is 12.9. The fraction of sp³-hybridized carbons (Fsp3) is 0.707. The summed E-state index contributed by atoms with van der Waals surface area (Å²) in [7, 11) is -4.64. The first-order valence-electron chi connectivity index (χ1n) is 19.7. The molecular weight excluding hydrogens is 683 g/mol. The quantitative estimate of drug-likeness (QED) is 0.0244. The molecule has 0 saturated heterocycles. The lowest BCUT2D eigenvalue weighted by Crippen LogP contribution is -2.29. The van der Waals surface area contributed by atoms with E-state index in [1.54, 1.807) is 6.08 Å². The van der Waals surface area contributed by atoms with Gasteiger partial charge in [-0.1, -0.05) is 158 Å². The second kappa shape index (κ2) is 37.0. The number of esters is 2. The molecule has 3 N–H and O–H groups in total. The monoisotopic (exact) mass is 754 g/mol. The lowest BCUT2D eigenvalue weighted by Gasteiger charge is -2.20. The van der Waals surface area contributed by atoms with Crippen LogP contribution in [0.4, 0.5) is 0 Å². The average molecular weight is 755 g/mol. The number of phosphoric acid groups is 1. The van der Waals surface area contributed by atoms with Crippen molar-refractivity contribution in [2.45, 2.75) is 161 Å². The van der Waals surface area contributed by atoms with Crippen molar-refractivity contribution in [3.05, 3.63) is 60.8 Å². The topological polar surface area (TPSA) is 149 Å². The normalized spacial score (nSPS) is 14.6. The van der Waals surface area contributed by atoms with Gasteiger partial charge in [0.2, 0.25) is 0 Å². The van der Waals surface area contributed by atoms with Crippen LogP contribution >= 0.6 is 7.82 Å². The Hall–Kier alpha value is -2.33. The number of aliphatic hydroxyl groups excluding tert-OH is 2. The highest BCUT2D eigenvalue weighted by Crippen LogP contribution is 2.43. The Morgan fingerprint density at radius 3 is 1.52 bits per heavy atom. The molecule has 0 spiro atoms. The molecule has 0 aliphatic heterocycles. The van der Waals surface area contributed by atoms with Gasteiger partial charge < -0.3 is 24.6 Å². The molecule has 0 aliphatic carbocycles. The van der Waals surface area contributed by atoms with Crippen LogP contribution in [0.25, 0.3) is 0 Å². The van der Waals surface area contributed by atoms with Crippen LogP contribution in [0.1, 0.15) is 149 Å². The molecule has 0 aliphatic rings. The first kappa shape index (κ1) is 49.7. The molecule has 0 fully saturated rings. The second-order valence-corrected chi connectivity index (χ2v) is 14.4. The molecule has 0 heterocycles. The molecule has 0 aromatic heterocycles. The number of aliphatic hydroxyl groups is 2. The first-order chi connectivity index (χ1) is 25.2. The van der Waals surface area contributed by atoms with Gasteiger partial charge in [-0.15, -0.1) is 0 Å². The van der Waals surface area contributed by atoms with E-state index < -0.39 is 51.8 Å². The smallest absolute Gasteiger partial charge is 0.462 e. The maximum Gasteiger partial charge on any atom is 0.472 e. The van der Waals surface area contributed by atoms with Gasteiger partial charge in [-0.2, -0.15) is 0 Å². The highest BCUT2D eigenvalue weighted by molar-refractivity contribution is 7.47. The highest BCUT2D eigenvalue weighted by atomic mass is 31.2. The Kier molecular flexibility index (Phi) is 35.3. The van der Waals surface area contributed by atoms with Crippen LogP contribution < -0.4 is 0 Å². The Labute approximate surface area is 315 Å². The summed E-state index contributed by atoms with van der Waals surface area (Å²) in [5.74, 6) is -1.07. The third-order valence-corrected chi connectivity index (χ3v) is 8.92. The number of hydrogen-bond acceptors (Lipinski definition) is 9. The third kappa shape index (κ3) is 36.0. The number of carbonyl (C=O) groups excluding carboxylic acids is 2. The fourth-order valence-electron chi connectivity index (χ4n) is 4.95. The van der Waals surface area contributed by atoms with Crippen LogP contribution in [-0.2, 0) is 32.7 Å². The van der Waals surface area contributed by atoms with Crippen molar-refractivity contribution in [1.82, 2.24) is 0 Å². The number of carbonyl (C=O) groups is 2. The van der Waals surface area contributed by atoms with Crippen molar-refractivity contribution < 1.29 is 47.8 Å². The SMILES string of the molecule is CC/C=C\C/C=C\C/C=C\C/C=C\C/C=C\CC(=O)OC(COC(=O)CCCCCCCCCCCCCCCC)COP(=O)(O)OCC(O)CO. The van der Waals surface area contributed by atoms with Crippen molar-refractivity contribution >= 4 is 19.8 Å². The number of ether oxygens (including phenoxy) is 2. The van der Waals surface area contributed by atoms with Crippen molar-refractivity contribution in [2.75, 3.05) is 26.4 Å². The summed E-state index contributed by atoms with van der Waals surface area (Å²) in [4.78, 5) is 34.8. The van der Waals surface area contributed by atoms with E-state index in [0.717, 1.165) is 44.9 Å². The molecule has 0 bridgehead atoms. The number of hydrogen-bond donors (Lipinski definition) is 3. The van der Waals surface area contributed by atoms with E-state index in [0.29, 0.717) is 12.8 Å². The van der Waals surface area contributed by atoms with Crippen molar-refractivity contribution in [3.63, 3.8) is 0 Å². The fourth-order valence-corrected chi connectivity index (χ4v) is 5.74. The molecule has 0 aromatic carbocycles. The summed E-state index contributed by atoms with van der Waals surface area (Å²) >= 11 is 0. The molecule has 3 atom stereocenters. The number of unbranched alkanes of at least 4 members (excludes halogenated alkanes) is 13. The summed E-state index contributed by atoms with van der Waals surface area (Å²) in [5, 5.41) is 18.3. The molecule has 0 amide bonds. The molecule has 3 unspecified atom stereocenters. The Bertz CT molecular complexity index is 1050. The minimum absolute atomic E-state index is 0.0486. The van der Waals surface area contributed by atoms with Gasteiger partial charge in [-0.25, -0.2) is 4.57 Å². The van der Waals surface area contributed by atoms with Gasteiger partial charge in [0, 0.05) is 6.42 Å². The highest BCUT2D eigenvalue weighted by Gasteiger charge is 2.27. The van der Waals surface area contributed by atoms with Crippen LogP contribution in [0.3, 0.4) is 0 Å². The summed E-state index contributed by atoms with van der Waals surface area (Å²) < 4.78 is 32.5. The predicted molar refractivity (Wildman–Crippen MR) is 210 cm³/mol. The van der Waals surface area contributed by atoms with Crippen LogP contribution in [0.2, 0.25) is 0 Å². The van der Waals surface area contributed by atoms with Crippen LogP contribution in [0, 0.1) is 0 Å². The van der Waals surface area contributed by atoms with E-state index in [-0.39, 0.29) is 19.4 Å². The summed E-state index contributed by atoms with van der Waals surface area (Å²) in [6, 6.07) is 0. The largest absolute Gasteiger partial charge is 0.472 e. The van der Waals surface area contributed by atoms with Crippen molar-refractivity contribution in [2.24, 2.45) is 0 Å². The third-order valence-electron chi connectivity index (χ3n) is 7.97. The molecule has 52 heavy (non-hydrogen) atoms. The minimum atomic E-state index is -4.64. The zero-order valence-corrected chi connectivity index (χ0v) is 33.1. The predicted octanol–water partition coefficient (Wildman–Crippen LogP) is 9.94. The van der Waals surface area contributed by atoms with Gasteiger partial charge in [-0.05, 0) is 38.5 Å². The zero-order valence-electron chi connectivity index (χ0n) is 32.3. The van der Waals surface area contributed by atoms with E-state index in [4.69, 9.17) is 19.1 Å². The summed E-state index contributed by atoms with van der Waals surface area (Å²) in [6.07, 6.45) is 39.3. The van der Waals surface area contributed by atoms with Crippen LogP contribution in [0.5, 0.6) is 0 Å². The zero-order chi connectivity index (χ0) is 38.4. The van der Waals surface area contributed by atoms with Gasteiger partial charge in [0.1, 0.15) is 12.7 Å². The molecule has 0 radical (unpaired) electrons. The van der Waals surface area contributed by atoms with E-state index in [2.05, 4.69) is 54.8 Å².